The van der Waals surface area contributed by atoms with Gasteiger partial charge < -0.3 is 10.4 Å². The van der Waals surface area contributed by atoms with E-state index in [9.17, 15) is 9.59 Å². The molecule has 0 aromatic rings. The molecule has 2 aliphatic rings. The molecule has 0 aromatic heterocycles. The van der Waals surface area contributed by atoms with Crippen LogP contribution in [0.2, 0.25) is 0 Å². The maximum Gasteiger partial charge on any atom is 0.317 e. The number of nitrogens with zero attached hydrogens (tertiary/aromatic N) is 2. The van der Waals surface area contributed by atoms with Gasteiger partial charge in [0, 0.05) is 25.2 Å². The zero-order valence-electron chi connectivity index (χ0n) is 16.1. The highest BCUT2D eigenvalue weighted by Gasteiger charge is 2.26. The second kappa shape index (κ2) is 12.5. The zero-order chi connectivity index (χ0) is 18.1. The van der Waals surface area contributed by atoms with Crippen LogP contribution in [0.1, 0.15) is 64.7 Å². The van der Waals surface area contributed by atoms with E-state index in [-0.39, 0.29) is 24.9 Å². The van der Waals surface area contributed by atoms with Gasteiger partial charge in [0.15, 0.2) is 0 Å². The van der Waals surface area contributed by atoms with Gasteiger partial charge in [0.2, 0.25) is 5.91 Å². The molecule has 1 saturated heterocycles. The summed E-state index contributed by atoms with van der Waals surface area (Å²) < 4.78 is 0. The number of nitrogens with one attached hydrogen (secondary N) is 1. The highest BCUT2D eigenvalue weighted by Crippen LogP contribution is 2.18. The first kappa shape index (κ1) is 23.2. The lowest BCUT2D eigenvalue weighted by molar-refractivity contribution is -0.139. The number of likely N-dealkylation sites (tertiary alicyclic amines) is 1. The van der Waals surface area contributed by atoms with Crippen LogP contribution in [0.25, 0.3) is 0 Å². The highest BCUT2D eigenvalue weighted by molar-refractivity contribution is 5.85. The summed E-state index contributed by atoms with van der Waals surface area (Å²) in [6, 6.07) is 0.683. The molecule has 0 unspecified atom stereocenters. The van der Waals surface area contributed by atoms with Crippen LogP contribution in [0, 0.1) is 0 Å². The smallest absolute Gasteiger partial charge is 0.317 e. The molecule has 152 valence electrons. The number of carboxylic acid groups (broad SMARTS) is 1. The summed E-state index contributed by atoms with van der Waals surface area (Å²) >= 11 is 0. The maximum absolute atomic E-state index is 12.4. The summed E-state index contributed by atoms with van der Waals surface area (Å²) in [6.45, 7) is 5.12. The molecule has 0 atom stereocenters. The van der Waals surface area contributed by atoms with Gasteiger partial charge in [-0.3, -0.25) is 19.4 Å². The molecule has 1 heterocycles. The van der Waals surface area contributed by atoms with Gasteiger partial charge in [-0.15, -0.1) is 12.4 Å². The fourth-order valence-corrected chi connectivity index (χ4v) is 4.19. The minimum Gasteiger partial charge on any atom is -0.480 e. The fourth-order valence-electron chi connectivity index (χ4n) is 4.19. The fraction of sp³-hybridized carbons (Fsp3) is 0.895. The Morgan fingerprint density at radius 2 is 1.62 bits per heavy atom. The third-order valence-corrected chi connectivity index (χ3v) is 5.66. The van der Waals surface area contributed by atoms with Gasteiger partial charge in [0.1, 0.15) is 0 Å². The number of amides is 1. The first-order chi connectivity index (χ1) is 12.1. The largest absolute Gasteiger partial charge is 0.480 e. The van der Waals surface area contributed by atoms with Crippen molar-refractivity contribution in [2.75, 3.05) is 32.7 Å². The zero-order valence-corrected chi connectivity index (χ0v) is 16.9. The van der Waals surface area contributed by atoms with Crippen LogP contribution in [0.15, 0.2) is 0 Å². The Kier molecular flexibility index (Phi) is 11.2. The normalized spacial score (nSPS) is 20.8. The molecular weight excluding hydrogens is 354 g/mol. The summed E-state index contributed by atoms with van der Waals surface area (Å²) in [5, 5.41) is 12.2. The van der Waals surface area contributed by atoms with Crippen LogP contribution in [-0.4, -0.2) is 71.6 Å². The molecule has 0 aromatic carbocycles. The van der Waals surface area contributed by atoms with Gasteiger partial charge in [0.25, 0.3) is 0 Å². The van der Waals surface area contributed by atoms with Crippen molar-refractivity contribution in [1.82, 2.24) is 15.1 Å². The molecule has 0 bridgehead atoms. The van der Waals surface area contributed by atoms with Crippen LogP contribution in [-0.2, 0) is 9.59 Å². The Balaban J connectivity index is 0.00000338. The summed E-state index contributed by atoms with van der Waals surface area (Å²) in [6.07, 6.45) is 10.5. The molecule has 1 aliphatic heterocycles. The van der Waals surface area contributed by atoms with E-state index in [2.05, 4.69) is 10.2 Å². The number of carboxylic acids is 1. The first-order valence-electron chi connectivity index (χ1n) is 10.1. The molecule has 0 radical (unpaired) electrons. The van der Waals surface area contributed by atoms with Crippen LogP contribution in [0.3, 0.4) is 0 Å². The van der Waals surface area contributed by atoms with Crippen LogP contribution in [0.4, 0.5) is 0 Å². The van der Waals surface area contributed by atoms with Crippen molar-refractivity contribution in [2.45, 2.75) is 76.8 Å². The Bertz CT molecular complexity index is 420. The van der Waals surface area contributed by atoms with E-state index < -0.39 is 5.97 Å². The standard InChI is InChI=1S/C19H35N3O3.ClH/c1-2-22(15-19(24)25)17-10-12-21(13-11-17)14-18(23)20-16-8-6-4-3-5-7-9-16;/h16-17H,2-15H2,1H3,(H,20,23)(H,24,25);1H. The molecule has 7 heteroatoms. The van der Waals surface area contributed by atoms with Crippen LogP contribution < -0.4 is 5.32 Å². The molecule has 0 spiro atoms. The predicted octanol–water partition coefficient (Wildman–Crippen LogP) is 2.51. The topological polar surface area (TPSA) is 72.9 Å². The molecule has 2 rings (SSSR count). The summed E-state index contributed by atoms with van der Waals surface area (Å²) in [4.78, 5) is 27.6. The van der Waals surface area contributed by atoms with Crippen molar-refractivity contribution in [2.24, 2.45) is 0 Å². The Morgan fingerprint density at radius 3 is 2.15 bits per heavy atom. The minimum atomic E-state index is -0.761. The first-order valence-corrected chi connectivity index (χ1v) is 10.1. The second-order valence-corrected chi connectivity index (χ2v) is 7.57. The van der Waals surface area contributed by atoms with Crippen LogP contribution >= 0.6 is 12.4 Å². The van der Waals surface area contributed by atoms with Crippen molar-refractivity contribution < 1.29 is 14.7 Å². The van der Waals surface area contributed by atoms with E-state index in [0.717, 1.165) is 45.3 Å². The summed E-state index contributed by atoms with van der Waals surface area (Å²) in [7, 11) is 0. The number of piperidine rings is 1. The Morgan fingerprint density at radius 1 is 1.04 bits per heavy atom. The van der Waals surface area contributed by atoms with Gasteiger partial charge in [-0.25, -0.2) is 0 Å². The lowest BCUT2D eigenvalue weighted by Gasteiger charge is -2.37. The second-order valence-electron chi connectivity index (χ2n) is 7.57. The average Bonchev–Trinajstić information content (AvgIpc) is 2.55. The third kappa shape index (κ3) is 8.23. The van der Waals surface area contributed by atoms with Crippen molar-refractivity contribution in [1.29, 1.82) is 0 Å². The monoisotopic (exact) mass is 389 g/mol. The molecular formula is C19H36ClN3O3. The minimum absolute atomic E-state index is 0. The number of carbonyl (C=O) groups excluding carboxylic acids is 1. The van der Waals surface area contributed by atoms with Crippen molar-refractivity contribution in [3.63, 3.8) is 0 Å². The third-order valence-electron chi connectivity index (χ3n) is 5.66. The SMILES string of the molecule is CCN(CC(=O)O)C1CCN(CC(=O)NC2CCCCCCC2)CC1.Cl. The summed E-state index contributed by atoms with van der Waals surface area (Å²) in [5.41, 5.74) is 0. The molecule has 1 aliphatic carbocycles. The molecule has 2 fully saturated rings. The van der Waals surface area contributed by atoms with Crippen molar-refractivity contribution in [3.05, 3.63) is 0 Å². The number of hydrogen-bond donors (Lipinski definition) is 2. The van der Waals surface area contributed by atoms with Crippen molar-refractivity contribution >= 4 is 24.3 Å². The van der Waals surface area contributed by atoms with E-state index in [1.165, 1.54) is 32.1 Å². The van der Waals surface area contributed by atoms with E-state index in [4.69, 9.17) is 5.11 Å². The van der Waals surface area contributed by atoms with E-state index in [1.54, 1.807) is 0 Å². The highest BCUT2D eigenvalue weighted by atomic mass is 35.5. The van der Waals surface area contributed by atoms with E-state index in [0.29, 0.717) is 18.6 Å². The lowest BCUT2D eigenvalue weighted by atomic mass is 9.96. The number of halogens is 1. The lowest BCUT2D eigenvalue weighted by Crippen LogP contribution is -2.49. The maximum atomic E-state index is 12.4. The summed E-state index contributed by atoms with van der Waals surface area (Å²) in [5.74, 6) is -0.607. The van der Waals surface area contributed by atoms with Gasteiger partial charge in [-0.1, -0.05) is 39.0 Å². The molecule has 26 heavy (non-hydrogen) atoms. The van der Waals surface area contributed by atoms with Crippen LogP contribution in [0.5, 0.6) is 0 Å². The van der Waals surface area contributed by atoms with E-state index >= 15 is 0 Å². The number of likely N-dealkylation sites (N-methyl/N-ethyl adjacent to an activating group) is 1. The quantitative estimate of drug-likeness (QED) is 0.699. The Labute approximate surface area is 164 Å². The molecule has 1 saturated carbocycles. The number of aliphatic carboxylic acids is 1. The Hall–Kier alpha value is -0.850. The number of carbonyl (C=O) groups is 2. The van der Waals surface area contributed by atoms with E-state index in [1.807, 2.05) is 11.8 Å². The number of hydrogen-bond acceptors (Lipinski definition) is 4. The molecule has 6 nitrogen and oxygen atoms in total. The predicted molar refractivity (Wildman–Crippen MR) is 106 cm³/mol. The number of rotatable bonds is 7. The van der Waals surface area contributed by atoms with Crippen molar-refractivity contribution in [3.8, 4) is 0 Å². The van der Waals surface area contributed by atoms with Gasteiger partial charge in [-0.2, -0.15) is 0 Å². The molecule has 2 N–H and O–H groups in total. The molecule has 1 amide bonds. The average molecular weight is 390 g/mol. The van der Waals surface area contributed by atoms with Gasteiger partial charge in [-0.05, 0) is 32.2 Å². The van der Waals surface area contributed by atoms with Gasteiger partial charge >= 0.3 is 5.97 Å². The van der Waals surface area contributed by atoms with Gasteiger partial charge in [0.05, 0.1) is 13.1 Å².